The number of aromatic nitrogens is 1. The molecule has 0 fully saturated rings. The van der Waals surface area contributed by atoms with E-state index >= 15 is 0 Å². The number of ether oxygens (including phenoxy) is 1. The van der Waals surface area contributed by atoms with Crippen LogP contribution in [0.25, 0.3) is 0 Å². The van der Waals surface area contributed by atoms with E-state index in [9.17, 15) is 8.42 Å². The van der Waals surface area contributed by atoms with Crippen LogP contribution < -0.4 is 4.74 Å². The van der Waals surface area contributed by atoms with E-state index in [0.717, 1.165) is 12.8 Å². The van der Waals surface area contributed by atoms with E-state index in [-0.39, 0.29) is 21.9 Å². The van der Waals surface area contributed by atoms with Gasteiger partial charge in [-0.25, -0.2) is 13.4 Å². The van der Waals surface area contributed by atoms with Crippen LogP contribution in [-0.2, 0) is 13.5 Å². The third-order valence-electron chi connectivity index (χ3n) is 4.56. The van der Waals surface area contributed by atoms with Crippen LogP contribution in [0.3, 0.4) is 0 Å². The van der Waals surface area contributed by atoms with E-state index in [2.05, 4.69) is 38.8 Å². The summed E-state index contributed by atoms with van der Waals surface area (Å²) in [5.41, 5.74) is 0.674. The SMILES string of the molecule is Cc1ccc(S(=O)(=O)Cl)c(O[C@H](C)CCCO[Si](C)(C)C(C)(C)C)n1. The van der Waals surface area contributed by atoms with Crippen molar-refractivity contribution in [1.82, 2.24) is 4.98 Å². The zero-order valence-electron chi connectivity index (χ0n) is 16.2. The van der Waals surface area contributed by atoms with Crippen LogP contribution in [0.1, 0.15) is 46.2 Å². The topological polar surface area (TPSA) is 65.5 Å². The van der Waals surface area contributed by atoms with Crippen molar-refractivity contribution >= 4 is 28.1 Å². The summed E-state index contributed by atoms with van der Waals surface area (Å²) in [6.45, 7) is 15.4. The summed E-state index contributed by atoms with van der Waals surface area (Å²) in [5.74, 6) is 0.0628. The Balaban J connectivity index is 2.62. The van der Waals surface area contributed by atoms with Gasteiger partial charge in [0.25, 0.3) is 9.05 Å². The zero-order chi connectivity index (χ0) is 19.5. The summed E-state index contributed by atoms with van der Waals surface area (Å²) < 4.78 is 35.2. The van der Waals surface area contributed by atoms with Crippen molar-refractivity contribution < 1.29 is 17.6 Å². The predicted octanol–water partition coefficient (Wildman–Crippen LogP) is 4.89. The Bertz CT molecular complexity index is 686. The largest absolute Gasteiger partial charge is 0.474 e. The molecule has 1 atom stereocenters. The van der Waals surface area contributed by atoms with Gasteiger partial charge in [-0.15, -0.1) is 0 Å². The first-order valence-electron chi connectivity index (χ1n) is 8.47. The normalized spacial score (nSPS) is 14.4. The number of pyridine rings is 1. The molecule has 8 heteroatoms. The van der Waals surface area contributed by atoms with Crippen molar-refractivity contribution in [3.05, 3.63) is 17.8 Å². The van der Waals surface area contributed by atoms with Gasteiger partial charge in [-0.05, 0) is 57.0 Å². The third-order valence-corrected chi connectivity index (χ3v) is 10.4. The maximum absolute atomic E-state index is 11.6. The molecule has 0 radical (unpaired) electrons. The van der Waals surface area contributed by atoms with Crippen LogP contribution in [0, 0.1) is 6.92 Å². The maximum atomic E-state index is 11.6. The van der Waals surface area contributed by atoms with Crippen LogP contribution in [0.2, 0.25) is 18.1 Å². The van der Waals surface area contributed by atoms with Crippen LogP contribution in [-0.4, -0.2) is 34.4 Å². The number of hydrogen-bond donors (Lipinski definition) is 0. The fraction of sp³-hybridized carbons (Fsp3) is 0.706. The molecule has 5 nitrogen and oxygen atoms in total. The van der Waals surface area contributed by atoms with Gasteiger partial charge in [0.05, 0.1) is 6.10 Å². The van der Waals surface area contributed by atoms with Gasteiger partial charge in [0.15, 0.2) is 8.32 Å². The quantitative estimate of drug-likeness (QED) is 0.348. The molecule has 0 amide bonds. The molecule has 0 unspecified atom stereocenters. The van der Waals surface area contributed by atoms with Gasteiger partial charge in [0.2, 0.25) is 5.88 Å². The minimum absolute atomic E-state index is 0.0628. The standard InChI is InChI=1S/C17H30ClNO4SSi/c1-13-10-11-15(24(18,20)21)16(19-13)23-14(2)9-8-12-22-25(6,7)17(3,4)5/h10-11,14H,8-9,12H2,1-7H3/t14-/m1/s1. The Kier molecular flexibility index (Phi) is 7.50. The van der Waals surface area contributed by atoms with Crippen LogP contribution in [0.5, 0.6) is 5.88 Å². The van der Waals surface area contributed by atoms with Gasteiger partial charge >= 0.3 is 0 Å². The minimum atomic E-state index is -3.89. The Morgan fingerprint density at radius 3 is 2.40 bits per heavy atom. The molecule has 1 aromatic heterocycles. The van der Waals surface area contributed by atoms with E-state index in [4.69, 9.17) is 19.8 Å². The molecule has 0 spiro atoms. The van der Waals surface area contributed by atoms with Crippen LogP contribution >= 0.6 is 10.7 Å². The molecule has 0 aliphatic carbocycles. The van der Waals surface area contributed by atoms with Gasteiger partial charge in [-0.1, -0.05) is 20.8 Å². The Morgan fingerprint density at radius 2 is 1.88 bits per heavy atom. The Labute approximate surface area is 157 Å². The van der Waals surface area contributed by atoms with Crippen molar-refractivity contribution in [1.29, 1.82) is 0 Å². The van der Waals surface area contributed by atoms with Crippen molar-refractivity contribution in [2.45, 2.75) is 76.6 Å². The van der Waals surface area contributed by atoms with Crippen molar-refractivity contribution in [3.63, 3.8) is 0 Å². The van der Waals surface area contributed by atoms with Crippen molar-refractivity contribution in [3.8, 4) is 5.88 Å². The molecule has 0 aliphatic rings. The van der Waals surface area contributed by atoms with E-state index in [1.807, 2.05) is 6.92 Å². The van der Waals surface area contributed by atoms with Crippen molar-refractivity contribution in [2.75, 3.05) is 6.61 Å². The molecule has 1 aromatic rings. The number of hydrogen-bond acceptors (Lipinski definition) is 5. The molecule has 144 valence electrons. The summed E-state index contributed by atoms with van der Waals surface area (Å²) in [6, 6.07) is 3.02. The fourth-order valence-electron chi connectivity index (χ4n) is 1.95. The van der Waals surface area contributed by atoms with Gasteiger partial charge < -0.3 is 9.16 Å². The summed E-state index contributed by atoms with van der Waals surface area (Å²) in [6.07, 6.45) is 1.39. The third kappa shape index (κ3) is 6.88. The predicted molar refractivity (Wildman–Crippen MR) is 104 cm³/mol. The van der Waals surface area contributed by atoms with Gasteiger partial charge in [0, 0.05) is 23.0 Å². The molecular weight excluding hydrogens is 378 g/mol. The average molecular weight is 408 g/mol. The first-order valence-corrected chi connectivity index (χ1v) is 13.7. The molecule has 0 aromatic carbocycles. The highest BCUT2D eigenvalue weighted by Gasteiger charge is 2.36. The highest BCUT2D eigenvalue weighted by Crippen LogP contribution is 2.36. The number of rotatable bonds is 8. The first kappa shape index (κ1) is 22.4. The molecule has 1 heterocycles. The summed E-state index contributed by atoms with van der Waals surface area (Å²) in [7, 11) is -0.177. The van der Waals surface area contributed by atoms with Crippen LogP contribution in [0.15, 0.2) is 17.0 Å². The van der Waals surface area contributed by atoms with E-state index in [1.54, 1.807) is 13.0 Å². The molecule has 1 rings (SSSR count). The van der Waals surface area contributed by atoms with Gasteiger partial charge in [-0.2, -0.15) is 0 Å². The second-order valence-electron chi connectivity index (χ2n) is 7.87. The zero-order valence-corrected chi connectivity index (χ0v) is 18.8. The molecule has 0 N–H and O–H groups in total. The second kappa shape index (κ2) is 8.37. The lowest BCUT2D eigenvalue weighted by molar-refractivity contribution is 0.179. The molecule has 0 saturated carbocycles. The lowest BCUT2D eigenvalue weighted by Crippen LogP contribution is -2.41. The van der Waals surface area contributed by atoms with E-state index in [0.29, 0.717) is 12.3 Å². The highest BCUT2D eigenvalue weighted by atomic mass is 35.7. The number of nitrogens with zero attached hydrogens (tertiary/aromatic N) is 1. The lowest BCUT2D eigenvalue weighted by atomic mass is 10.2. The number of halogens is 1. The molecule has 0 bridgehead atoms. The summed E-state index contributed by atoms with van der Waals surface area (Å²) >= 11 is 0. The molecule has 0 saturated heterocycles. The lowest BCUT2D eigenvalue weighted by Gasteiger charge is -2.36. The first-order chi connectivity index (χ1) is 11.2. The molecule has 25 heavy (non-hydrogen) atoms. The second-order valence-corrected chi connectivity index (χ2v) is 15.2. The number of aryl methyl sites for hydroxylation is 1. The Morgan fingerprint density at radius 1 is 1.28 bits per heavy atom. The molecular formula is C17H30ClNO4SSi. The molecule has 0 aliphatic heterocycles. The Hall–Kier alpha value is -0.633. The summed E-state index contributed by atoms with van der Waals surface area (Å²) in [4.78, 5) is 4.08. The van der Waals surface area contributed by atoms with Crippen molar-refractivity contribution in [2.24, 2.45) is 0 Å². The average Bonchev–Trinajstić information content (AvgIpc) is 2.41. The maximum Gasteiger partial charge on any atom is 0.266 e. The minimum Gasteiger partial charge on any atom is -0.474 e. The van der Waals surface area contributed by atoms with Gasteiger partial charge in [-0.3, -0.25) is 0 Å². The fourth-order valence-corrected chi connectivity index (χ4v) is 3.93. The smallest absolute Gasteiger partial charge is 0.266 e. The van der Waals surface area contributed by atoms with Crippen LogP contribution in [0.4, 0.5) is 0 Å². The van der Waals surface area contributed by atoms with Gasteiger partial charge in [0.1, 0.15) is 4.90 Å². The summed E-state index contributed by atoms with van der Waals surface area (Å²) in [5, 5.41) is 0.185. The monoisotopic (exact) mass is 407 g/mol. The highest BCUT2D eigenvalue weighted by molar-refractivity contribution is 8.13. The van der Waals surface area contributed by atoms with E-state index < -0.39 is 17.4 Å². The van der Waals surface area contributed by atoms with E-state index in [1.165, 1.54) is 6.07 Å².